The van der Waals surface area contributed by atoms with E-state index in [9.17, 15) is 9.90 Å². The van der Waals surface area contributed by atoms with Gasteiger partial charge in [0.25, 0.3) is 0 Å². The van der Waals surface area contributed by atoms with Crippen molar-refractivity contribution < 1.29 is 14.6 Å². The standard InChI is InChI=1S/C21H26N2O4S.ClH/c24-18-7-6-17(20-19(18)23-21(25)28-20)8-10-22-11-13-27-15-14-26-12-9-16-4-2-1-3-5-16;/h1-7,22,24H,8-15H2,(H,23,25);1H. The predicted molar refractivity (Wildman–Crippen MR) is 120 cm³/mol. The quantitative estimate of drug-likeness (QED) is 0.378. The second kappa shape index (κ2) is 12.6. The van der Waals surface area contributed by atoms with Gasteiger partial charge in [-0.1, -0.05) is 47.7 Å². The normalized spacial score (nSPS) is 10.9. The number of hydrogen-bond donors (Lipinski definition) is 3. The fourth-order valence-corrected chi connectivity index (χ4v) is 3.82. The van der Waals surface area contributed by atoms with Crippen molar-refractivity contribution in [3.8, 4) is 5.75 Å². The number of aromatic hydroxyl groups is 1. The molecule has 0 amide bonds. The largest absolute Gasteiger partial charge is 0.506 e. The Morgan fingerprint density at radius 3 is 2.48 bits per heavy atom. The number of aromatic amines is 1. The highest BCUT2D eigenvalue weighted by Crippen LogP contribution is 2.27. The number of halogens is 1. The van der Waals surface area contributed by atoms with Crippen molar-refractivity contribution in [1.29, 1.82) is 0 Å². The second-order valence-electron chi connectivity index (χ2n) is 6.42. The number of thiazole rings is 1. The van der Waals surface area contributed by atoms with Crippen molar-refractivity contribution in [2.75, 3.05) is 39.5 Å². The summed E-state index contributed by atoms with van der Waals surface area (Å²) in [5.74, 6) is 0.115. The predicted octanol–water partition coefficient (Wildman–Crippen LogP) is 3.13. The van der Waals surface area contributed by atoms with Crippen molar-refractivity contribution in [3.05, 3.63) is 63.3 Å². The number of phenolic OH excluding ortho intramolecular Hbond substituents is 1. The molecule has 0 aliphatic carbocycles. The van der Waals surface area contributed by atoms with Crippen LogP contribution in [0.2, 0.25) is 0 Å². The SMILES string of the molecule is Cl.O=c1[nH]c2c(O)ccc(CCNCCOCCOCCc3ccccc3)c2s1. The molecule has 3 N–H and O–H groups in total. The third-order valence-electron chi connectivity index (χ3n) is 4.38. The van der Waals surface area contributed by atoms with Gasteiger partial charge in [0, 0.05) is 6.54 Å². The van der Waals surface area contributed by atoms with Gasteiger partial charge in [0.05, 0.1) is 31.1 Å². The molecule has 0 radical (unpaired) electrons. The van der Waals surface area contributed by atoms with Crippen LogP contribution in [0.5, 0.6) is 5.75 Å². The molecule has 29 heavy (non-hydrogen) atoms. The van der Waals surface area contributed by atoms with Gasteiger partial charge in [-0.25, -0.2) is 0 Å². The van der Waals surface area contributed by atoms with Crippen LogP contribution in [-0.4, -0.2) is 49.6 Å². The highest BCUT2D eigenvalue weighted by atomic mass is 35.5. The molecule has 0 aliphatic heterocycles. The van der Waals surface area contributed by atoms with Gasteiger partial charge in [-0.3, -0.25) is 4.79 Å². The van der Waals surface area contributed by atoms with Crippen molar-refractivity contribution in [2.24, 2.45) is 0 Å². The van der Waals surface area contributed by atoms with Crippen LogP contribution in [0.1, 0.15) is 11.1 Å². The monoisotopic (exact) mass is 438 g/mol. The molecule has 0 saturated carbocycles. The first kappa shape index (κ1) is 23.4. The van der Waals surface area contributed by atoms with Gasteiger partial charge in [-0.15, -0.1) is 12.4 Å². The van der Waals surface area contributed by atoms with Gasteiger partial charge in [0.15, 0.2) is 0 Å². The Labute approximate surface area is 180 Å². The summed E-state index contributed by atoms with van der Waals surface area (Å²) in [4.78, 5) is 14.0. The number of benzene rings is 2. The Morgan fingerprint density at radius 2 is 1.69 bits per heavy atom. The van der Waals surface area contributed by atoms with E-state index in [2.05, 4.69) is 22.4 Å². The second-order valence-corrected chi connectivity index (χ2v) is 7.41. The lowest BCUT2D eigenvalue weighted by Crippen LogP contribution is -2.23. The van der Waals surface area contributed by atoms with Crippen molar-refractivity contribution in [1.82, 2.24) is 10.3 Å². The molecule has 1 aromatic heterocycles. The van der Waals surface area contributed by atoms with Gasteiger partial charge in [-0.05, 0) is 36.6 Å². The lowest BCUT2D eigenvalue weighted by Gasteiger charge is -2.08. The van der Waals surface area contributed by atoms with Crippen molar-refractivity contribution >= 4 is 34.0 Å². The summed E-state index contributed by atoms with van der Waals surface area (Å²) in [6.07, 6.45) is 1.70. The molecule has 158 valence electrons. The van der Waals surface area contributed by atoms with Gasteiger partial charge in [0.2, 0.25) is 0 Å². The van der Waals surface area contributed by atoms with E-state index in [1.165, 1.54) is 5.56 Å². The molecule has 0 atom stereocenters. The fourth-order valence-electron chi connectivity index (χ4n) is 2.92. The Bertz CT molecular complexity index is 914. The maximum absolute atomic E-state index is 11.5. The maximum atomic E-state index is 11.5. The van der Waals surface area contributed by atoms with Crippen LogP contribution in [0.15, 0.2) is 47.3 Å². The highest BCUT2D eigenvalue weighted by molar-refractivity contribution is 7.16. The van der Waals surface area contributed by atoms with Crippen LogP contribution >= 0.6 is 23.7 Å². The third kappa shape index (κ3) is 7.45. The van der Waals surface area contributed by atoms with E-state index < -0.39 is 0 Å². The highest BCUT2D eigenvalue weighted by Gasteiger charge is 2.09. The van der Waals surface area contributed by atoms with Crippen LogP contribution in [-0.2, 0) is 22.3 Å². The molecule has 2 aromatic carbocycles. The number of fused-ring (bicyclic) bond motifs is 1. The Balaban J connectivity index is 0.00000300. The number of H-pyrrole nitrogens is 1. The molecule has 3 aromatic rings. The minimum absolute atomic E-state index is 0. The summed E-state index contributed by atoms with van der Waals surface area (Å²) < 4.78 is 12.0. The minimum atomic E-state index is -0.148. The summed E-state index contributed by atoms with van der Waals surface area (Å²) in [6, 6.07) is 13.8. The van der Waals surface area contributed by atoms with Gasteiger partial charge < -0.3 is 24.9 Å². The first-order valence-corrected chi connectivity index (χ1v) is 10.3. The Morgan fingerprint density at radius 1 is 0.931 bits per heavy atom. The smallest absolute Gasteiger partial charge is 0.305 e. The van der Waals surface area contributed by atoms with Crippen LogP contribution in [0.4, 0.5) is 0 Å². The number of aromatic nitrogens is 1. The average Bonchev–Trinajstić information content (AvgIpc) is 3.11. The maximum Gasteiger partial charge on any atom is 0.305 e. The van der Waals surface area contributed by atoms with Gasteiger partial charge in [0.1, 0.15) is 11.3 Å². The number of ether oxygens (including phenoxy) is 2. The van der Waals surface area contributed by atoms with Crippen LogP contribution in [0.3, 0.4) is 0 Å². The first-order chi connectivity index (χ1) is 13.7. The van der Waals surface area contributed by atoms with E-state index in [0.29, 0.717) is 31.9 Å². The molecule has 0 bridgehead atoms. The van der Waals surface area contributed by atoms with Crippen molar-refractivity contribution in [2.45, 2.75) is 12.8 Å². The molecule has 8 heteroatoms. The molecule has 0 saturated heterocycles. The van der Waals surface area contributed by atoms with Gasteiger partial charge >= 0.3 is 4.87 Å². The van der Waals surface area contributed by atoms with E-state index >= 15 is 0 Å². The van der Waals surface area contributed by atoms with Crippen LogP contribution in [0.25, 0.3) is 10.2 Å². The third-order valence-corrected chi connectivity index (χ3v) is 5.34. The minimum Gasteiger partial charge on any atom is -0.506 e. The zero-order chi connectivity index (χ0) is 19.6. The molecule has 3 rings (SSSR count). The van der Waals surface area contributed by atoms with Crippen molar-refractivity contribution in [3.63, 3.8) is 0 Å². The van der Waals surface area contributed by atoms with E-state index in [0.717, 1.165) is 47.5 Å². The number of hydrogen-bond acceptors (Lipinski definition) is 6. The number of rotatable bonds is 12. The molecular weight excluding hydrogens is 412 g/mol. The number of phenols is 1. The fraction of sp³-hybridized carbons (Fsp3) is 0.381. The van der Waals surface area contributed by atoms with E-state index in [1.54, 1.807) is 6.07 Å². The topological polar surface area (TPSA) is 83.6 Å². The molecule has 0 unspecified atom stereocenters. The van der Waals surface area contributed by atoms with Crippen LogP contribution in [0, 0.1) is 0 Å². The molecular formula is C21H27ClN2O4S. The van der Waals surface area contributed by atoms with Gasteiger partial charge in [-0.2, -0.15) is 0 Å². The molecule has 0 spiro atoms. The summed E-state index contributed by atoms with van der Waals surface area (Å²) in [5.41, 5.74) is 2.87. The molecule has 1 heterocycles. The molecule has 6 nitrogen and oxygen atoms in total. The summed E-state index contributed by atoms with van der Waals surface area (Å²) in [6.45, 7) is 4.07. The van der Waals surface area contributed by atoms with E-state index in [-0.39, 0.29) is 23.0 Å². The van der Waals surface area contributed by atoms with E-state index in [4.69, 9.17) is 9.47 Å². The zero-order valence-corrected chi connectivity index (χ0v) is 17.8. The molecule has 0 aliphatic rings. The Kier molecular flexibility index (Phi) is 10.2. The summed E-state index contributed by atoms with van der Waals surface area (Å²) >= 11 is 1.14. The molecule has 0 fully saturated rings. The summed E-state index contributed by atoms with van der Waals surface area (Å²) in [7, 11) is 0. The van der Waals surface area contributed by atoms with E-state index in [1.807, 2.05) is 24.3 Å². The lowest BCUT2D eigenvalue weighted by molar-refractivity contribution is 0.0501. The lowest BCUT2D eigenvalue weighted by atomic mass is 10.1. The zero-order valence-electron chi connectivity index (χ0n) is 16.2. The van der Waals surface area contributed by atoms with Crippen LogP contribution < -0.4 is 10.2 Å². The number of nitrogens with one attached hydrogen (secondary N) is 2. The first-order valence-electron chi connectivity index (χ1n) is 9.48. The Hall–Kier alpha value is -1.90. The summed E-state index contributed by atoms with van der Waals surface area (Å²) in [5, 5.41) is 13.1. The average molecular weight is 439 g/mol.